The van der Waals surface area contributed by atoms with Crippen molar-refractivity contribution in [2.45, 2.75) is 33.0 Å². The van der Waals surface area contributed by atoms with Crippen LogP contribution in [-0.2, 0) is 21.3 Å². The molecule has 2 aliphatic rings. The molecule has 10 heteroatoms. The molecule has 8 nitrogen and oxygen atoms in total. The van der Waals surface area contributed by atoms with Gasteiger partial charge in [-0.2, -0.15) is 5.26 Å². The van der Waals surface area contributed by atoms with Crippen LogP contribution in [0, 0.1) is 18.3 Å². The molecule has 166 valence electrons. The van der Waals surface area contributed by atoms with E-state index in [4.69, 9.17) is 21.7 Å². The van der Waals surface area contributed by atoms with E-state index in [2.05, 4.69) is 4.90 Å². The first-order valence-electron chi connectivity index (χ1n) is 9.98. The number of thioether (sulfide) groups is 1. The van der Waals surface area contributed by atoms with Gasteiger partial charge in [0.1, 0.15) is 21.8 Å². The first kappa shape index (κ1) is 23.5. The van der Waals surface area contributed by atoms with Crippen LogP contribution in [0.5, 0.6) is 0 Å². The molecule has 2 atom stereocenters. The van der Waals surface area contributed by atoms with Gasteiger partial charge in [0.05, 0.1) is 30.3 Å². The van der Waals surface area contributed by atoms with E-state index < -0.39 is 0 Å². The fraction of sp³-hybridized carbons (Fsp3) is 0.524. The molecule has 1 amide bonds. The second kappa shape index (κ2) is 9.53. The van der Waals surface area contributed by atoms with Gasteiger partial charge in [-0.15, -0.1) is 0 Å². The average molecular weight is 463 g/mol. The summed E-state index contributed by atoms with van der Waals surface area (Å²) >= 11 is 6.59. The van der Waals surface area contributed by atoms with Crippen LogP contribution < -0.4 is 10.5 Å². The molecule has 2 fully saturated rings. The Labute approximate surface area is 191 Å². The fourth-order valence-corrected chi connectivity index (χ4v) is 5.24. The molecule has 0 radical (unpaired) electrons. The van der Waals surface area contributed by atoms with E-state index in [1.54, 1.807) is 27.2 Å². The van der Waals surface area contributed by atoms with Gasteiger partial charge < -0.3 is 14.4 Å². The Hall–Kier alpha value is -2.19. The third kappa shape index (κ3) is 4.55. The van der Waals surface area contributed by atoms with Crippen molar-refractivity contribution < 1.29 is 14.3 Å². The smallest absolute Gasteiger partial charge is 0.270 e. The van der Waals surface area contributed by atoms with Gasteiger partial charge in [-0.3, -0.25) is 19.1 Å². The Morgan fingerprint density at radius 3 is 2.55 bits per heavy atom. The summed E-state index contributed by atoms with van der Waals surface area (Å²) in [7, 11) is 3.23. The summed E-state index contributed by atoms with van der Waals surface area (Å²) in [5.41, 5.74) is 0.940. The van der Waals surface area contributed by atoms with Gasteiger partial charge in [-0.1, -0.05) is 24.0 Å². The number of carbonyl (C=O) groups excluding carboxylic acids is 1. The highest BCUT2D eigenvalue weighted by Gasteiger charge is 2.33. The summed E-state index contributed by atoms with van der Waals surface area (Å²) in [6.07, 6.45) is 1.71. The lowest BCUT2D eigenvalue weighted by atomic mass is 10.0. The van der Waals surface area contributed by atoms with Crippen LogP contribution in [0.1, 0.15) is 30.5 Å². The quantitative estimate of drug-likeness (QED) is 0.485. The van der Waals surface area contributed by atoms with Gasteiger partial charge in [0, 0.05) is 32.8 Å². The molecule has 1 aromatic rings. The Balaban J connectivity index is 2.15. The van der Waals surface area contributed by atoms with Crippen LogP contribution in [0.2, 0.25) is 0 Å². The second-order valence-electron chi connectivity index (χ2n) is 7.70. The number of morpholine rings is 1. The molecule has 0 aromatic carbocycles. The molecular weight excluding hydrogens is 436 g/mol. The van der Waals surface area contributed by atoms with Crippen LogP contribution in [0.15, 0.2) is 9.70 Å². The van der Waals surface area contributed by atoms with Crippen LogP contribution >= 0.6 is 24.0 Å². The minimum atomic E-state index is -0.355. The maximum Gasteiger partial charge on any atom is 0.270 e. The van der Waals surface area contributed by atoms with Gasteiger partial charge in [0.15, 0.2) is 0 Å². The van der Waals surface area contributed by atoms with Gasteiger partial charge in [0.25, 0.3) is 11.5 Å². The largest absolute Gasteiger partial charge is 0.383 e. The molecule has 2 saturated heterocycles. The number of methoxy groups -OCH3 is 1. The summed E-state index contributed by atoms with van der Waals surface area (Å²) in [5, 5.41) is 9.59. The van der Waals surface area contributed by atoms with E-state index >= 15 is 0 Å². The monoisotopic (exact) mass is 462 g/mol. The third-order valence-corrected chi connectivity index (χ3v) is 6.73. The van der Waals surface area contributed by atoms with Crippen molar-refractivity contribution in [2.75, 3.05) is 38.3 Å². The standard InChI is InChI=1S/C21H26N4O4S2/c1-12-10-24(11-13(2)29-12)18-15(14(3)16(9-22)19(26)23(18)4)8-17-20(27)25(6-7-28-5)21(30)31-17/h8,12-13H,6-7,10-11H2,1-5H3/b17-8-/t12-,13-/m1/s1. The molecule has 2 aliphatic heterocycles. The average Bonchev–Trinajstić information content (AvgIpc) is 2.97. The summed E-state index contributed by atoms with van der Waals surface area (Å²) < 4.78 is 12.9. The highest BCUT2D eigenvalue weighted by molar-refractivity contribution is 8.26. The topological polar surface area (TPSA) is 87.8 Å². The highest BCUT2D eigenvalue weighted by atomic mass is 32.2. The Morgan fingerprint density at radius 1 is 1.32 bits per heavy atom. The molecule has 0 aliphatic carbocycles. The van der Waals surface area contributed by atoms with Crippen molar-refractivity contribution in [3.8, 4) is 6.07 Å². The minimum absolute atomic E-state index is 0.0186. The molecule has 0 saturated carbocycles. The number of hydrogen-bond acceptors (Lipinski definition) is 8. The molecule has 1 aromatic heterocycles. The lowest BCUT2D eigenvalue weighted by Crippen LogP contribution is -2.47. The van der Waals surface area contributed by atoms with E-state index in [1.807, 2.05) is 19.9 Å². The Kier molecular flexibility index (Phi) is 7.21. The molecule has 0 unspecified atom stereocenters. The van der Waals surface area contributed by atoms with Gasteiger partial charge in [-0.25, -0.2) is 0 Å². The van der Waals surface area contributed by atoms with Crippen molar-refractivity contribution in [3.63, 3.8) is 0 Å². The molecule has 0 N–H and O–H groups in total. The van der Waals surface area contributed by atoms with Gasteiger partial charge >= 0.3 is 0 Å². The molecule has 0 bridgehead atoms. The first-order valence-corrected chi connectivity index (χ1v) is 11.2. The highest BCUT2D eigenvalue weighted by Crippen LogP contribution is 2.36. The van der Waals surface area contributed by atoms with Crippen LogP contribution in [0.3, 0.4) is 0 Å². The molecule has 31 heavy (non-hydrogen) atoms. The number of hydrogen-bond donors (Lipinski definition) is 0. The van der Waals surface area contributed by atoms with E-state index in [1.165, 1.54) is 21.2 Å². The predicted octanol–water partition coefficient (Wildman–Crippen LogP) is 2.03. The zero-order valence-electron chi connectivity index (χ0n) is 18.3. The van der Waals surface area contributed by atoms with E-state index in [-0.39, 0.29) is 29.2 Å². The number of nitriles is 1. The predicted molar refractivity (Wildman–Crippen MR) is 125 cm³/mol. The zero-order chi connectivity index (χ0) is 22.9. The molecular formula is C21H26N4O4S2. The van der Waals surface area contributed by atoms with Gasteiger partial charge in [-0.05, 0) is 32.4 Å². The minimum Gasteiger partial charge on any atom is -0.383 e. The molecule has 0 spiro atoms. The number of aromatic nitrogens is 1. The number of thiocarbonyl (C=S) groups is 1. The maximum absolute atomic E-state index is 13.0. The van der Waals surface area contributed by atoms with Crippen molar-refractivity contribution in [2.24, 2.45) is 7.05 Å². The van der Waals surface area contributed by atoms with Crippen molar-refractivity contribution in [1.29, 1.82) is 5.26 Å². The number of carbonyl (C=O) groups is 1. The number of ether oxygens (including phenoxy) is 2. The second-order valence-corrected chi connectivity index (χ2v) is 9.38. The molecule has 3 rings (SSSR count). The van der Waals surface area contributed by atoms with E-state index in [9.17, 15) is 14.9 Å². The summed E-state index contributed by atoms with van der Waals surface area (Å²) in [6, 6.07) is 2.02. The lowest BCUT2D eigenvalue weighted by molar-refractivity contribution is -0.122. The fourth-order valence-electron chi connectivity index (χ4n) is 3.95. The van der Waals surface area contributed by atoms with Crippen LogP contribution in [0.25, 0.3) is 6.08 Å². The lowest BCUT2D eigenvalue weighted by Gasteiger charge is -2.38. The Morgan fingerprint density at radius 2 is 1.97 bits per heavy atom. The maximum atomic E-state index is 13.0. The summed E-state index contributed by atoms with van der Waals surface area (Å²) in [6.45, 7) is 7.66. The van der Waals surface area contributed by atoms with E-state index in [0.29, 0.717) is 52.4 Å². The van der Waals surface area contributed by atoms with Crippen LogP contribution in [-0.4, -0.2) is 65.3 Å². The normalized spacial score (nSPS) is 23.0. The number of rotatable bonds is 5. The van der Waals surface area contributed by atoms with Crippen molar-refractivity contribution in [3.05, 3.63) is 31.9 Å². The van der Waals surface area contributed by atoms with Crippen molar-refractivity contribution in [1.82, 2.24) is 9.47 Å². The third-order valence-electron chi connectivity index (χ3n) is 5.36. The molecule has 3 heterocycles. The zero-order valence-corrected chi connectivity index (χ0v) is 19.9. The number of amides is 1. The number of pyridine rings is 1. The first-order chi connectivity index (χ1) is 14.7. The summed E-state index contributed by atoms with van der Waals surface area (Å²) in [4.78, 5) is 29.9. The SMILES string of the molecule is COCCN1C(=O)/C(=C/c2c(C)c(C#N)c(=O)n(C)c2N2C[C@@H](C)O[C@H](C)C2)SC1=S. The Bertz CT molecular complexity index is 1030. The summed E-state index contributed by atoms with van der Waals surface area (Å²) in [5.74, 6) is 0.471. The van der Waals surface area contributed by atoms with Gasteiger partial charge in [0.2, 0.25) is 0 Å². The van der Waals surface area contributed by atoms with E-state index in [0.717, 1.165) is 0 Å². The van der Waals surface area contributed by atoms with Crippen molar-refractivity contribution >= 4 is 46.1 Å². The number of anilines is 1. The number of nitrogens with zero attached hydrogens (tertiary/aromatic N) is 4. The van der Waals surface area contributed by atoms with Crippen LogP contribution in [0.4, 0.5) is 5.82 Å².